The van der Waals surface area contributed by atoms with Crippen molar-refractivity contribution in [1.82, 2.24) is 19.8 Å². The number of nitrogens with one attached hydrogen (secondary N) is 1. The van der Waals surface area contributed by atoms with Gasteiger partial charge in [0.1, 0.15) is 0 Å². The van der Waals surface area contributed by atoms with E-state index in [2.05, 4.69) is 73.1 Å². The molecule has 5 heteroatoms. The average molecular weight is 389 g/mol. The molecule has 3 aromatic rings. The zero-order valence-corrected chi connectivity index (χ0v) is 17.9. The molecule has 0 amide bonds. The highest BCUT2D eigenvalue weighted by Crippen LogP contribution is 2.31. The number of para-hydroxylation sites is 1. The van der Waals surface area contributed by atoms with Gasteiger partial charge in [0.15, 0.2) is 0 Å². The lowest BCUT2D eigenvalue weighted by molar-refractivity contribution is 0.394. The van der Waals surface area contributed by atoms with E-state index in [1.165, 1.54) is 34.6 Å². The number of hydrogen-bond donors (Lipinski definition) is 1. The van der Waals surface area contributed by atoms with E-state index in [0.29, 0.717) is 0 Å². The van der Waals surface area contributed by atoms with Crippen LogP contribution in [-0.4, -0.2) is 41.6 Å². The van der Waals surface area contributed by atoms with E-state index in [9.17, 15) is 0 Å². The summed E-state index contributed by atoms with van der Waals surface area (Å²) in [6, 6.07) is 11.0. The maximum absolute atomic E-state index is 4.90. The van der Waals surface area contributed by atoms with E-state index >= 15 is 0 Å². The molecule has 3 rings (SSSR count). The van der Waals surface area contributed by atoms with Crippen LogP contribution in [0.2, 0.25) is 0 Å². The van der Waals surface area contributed by atoms with Crippen molar-refractivity contribution in [2.75, 3.05) is 27.2 Å². The van der Waals surface area contributed by atoms with E-state index in [4.69, 9.17) is 4.98 Å². The first-order valence-corrected chi connectivity index (χ1v) is 9.84. The minimum Gasteiger partial charge on any atom is -0.339 e. The summed E-state index contributed by atoms with van der Waals surface area (Å²) in [4.78, 5) is 7.13. The van der Waals surface area contributed by atoms with Crippen molar-refractivity contribution in [1.29, 1.82) is 0 Å². The van der Waals surface area contributed by atoms with E-state index in [1.54, 1.807) is 0 Å². The molecular formula is C22H33ClN4. The molecule has 27 heavy (non-hydrogen) atoms. The number of pyridine rings is 1. The highest BCUT2D eigenvalue weighted by Gasteiger charge is 2.14. The standard InChI is InChI=1S/C22H32N4.ClH/c1-5-6-14-26-21-11-8-7-10-19(21)20-15-18(24-17(2)22(20)26)16-23-12-9-13-25(3)4;/h7-8,10-11,15,23H,5-6,9,12-14,16H2,1-4H3;1H. The molecule has 2 aromatic heterocycles. The molecule has 0 aliphatic rings. The third kappa shape index (κ3) is 5.01. The van der Waals surface area contributed by atoms with Gasteiger partial charge < -0.3 is 14.8 Å². The maximum atomic E-state index is 4.90. The highest BCUT2D eigenvalue weighted by atomic mass is 35.5. The monoisotopic (exact) mass is 388 g/mol. The number of halogens is 1. The summed E-state index contributed by atoms with van der Waals surface area (Å²) in [6.07, 6.45) is 3.56. The molecule has 0 unspecified atom stereocenters. The van der Waals surface area contributed by atoms with Gasteiger partial charge in [0.05, 0.1) is 16.9 Å². The lowest BCUT2D eigenvalue weighted by atomic mass is 10.1. The Balaban J connectivity index is 0.00000261. The molecule has 148 valence electrons. The Bertz CT molecular complexity index is 869. The first kappa shape index (κ1) is 21.7. The van der Waals surface area contributed by atoms with E-state index < -0.39 is 0 Å². The van der Waals surface area contributed by atoms with Crippen LogP contribution in [0, 0.1) is 6.92 Å². The highest BCUT2D eigenvalue weighted by molar-refractivity contribution is 6.08. The van der Waals surface area contributed by atoms with Gasteiger partial charge in [-0.25, -0.2) is 0 Å². The predicted molar refractivity (Wildman–Crippen MR) is 119 cm³/mol. The van der Waals surface area contributed by atoms with Crippen molar-refractivity contribution >= 4 is 34.2 Å². The number of hydrogen-bond acceptors (Lipinski definition) is 3. The third-order valence-electron chi connectivity index (χ3n) is 4.98. The summed E-state index contributed by atoms with van der Waals surface area (Å²) >= 11 is 0. The Hall–Kier alpha value is -1.62. The van der Waals surface area contributed by atoms with Crippen molar-refractivity contribution in [3.8, 4) is 0 Å². The topological polar surface area (TPSA) is 33.1 Å². The molecule has 0 saturated carbocycles. The van der Waals surface area contributed by atoms with Gasteiger partial charge in [-0.2, -0.15) is 0 Å². The number of nitrogens with zero attached hydrogens (tertiary/aromatic N) is 3. The van der Waals surface area contributed by atoms with Crippen LogP contribution in [-0.2, 0) is 13.1 Å². The lowest BCUT2D eigenvalue weighted by Crippen LogP contribution is -2.21. The number of fused-ring (bicyclic) bond motifs is 3. The van der Waals surface area contributed by atoms with Crippen LogP contribution in [0.15, 0.2) is 30.3 Å². The van der Waals surface area contributed by atoms with Gasteiger partial charge in [-0.1, -0.05) is 31.5 Å². The zero-order chi connectivity index (χ0) is 18.5. The van der Waals surface area contributed by atoms with Crippen LogP contribution in [0.4, 0.5) is 0 Å². The van der Waals surface area contributed by atoms with Crippen molar-refractivity contribution in [3.05, 3.63) is 41.7 Å². The molecule has 0 atom stereocenters. The predicted octanol–water partition coefficient (Wildman–Crippen LogP) is 4.76. The van der Waals surface area contributed by atoms with Crippen molar-refractivity contribution in [2.24, 2.45) is 0 Å². The van der Waals surface area contributed by atoms with Crippen molar-refractivity contribution in [2.45, 2.75) is 46.2 Å². The minimum absolute atomic E-state index is 0. The minimum atomic E-state index is 0. The normalized spacial score (nSPS) is 11.4. The summed E-state index contributed by atoms with van der Waals surface area (Å²) < 4.78 is 2.46. The molecule has 0 bridgehead atoms. The molecule has 1 N–H and O–H groups in total. The summed E-state index contributed by atoms with van der Waals surface area (Å²) in [5, 5.41) is 6.23. The van der Waals surface area contributed by atoms with Crippen LogP contribution in [0.3, 0.4) is 0 Å². The molecule has 1 aromatic carbocycles. The molecule has 0 fully saturated rings. The quantitative estimate of drug-likeness (QED) is 0.536. The molecule has 0 aliphatic heterocycles. The number of unbranched alkanes of at least 4 members (excludes halogenated alkanes) is 1. The van der Waals surface area contributed by atoms with Crippen molar-refractivity contribution in [3.63, 3.8) is 0 Å². The van der Waals surface area contributed by atoms with Crippen LogP contribution in [0.5, 0.6) is 0 Å². The third-order valence-corrected chi connectivity index (χ3v) is 4.98. The van der Waals surface area contributed by atoms with Crippen molar-refractivity contribution < 1.29 is 0 Å². The Morgan fingerprint density at radius 1 is 1.11 bits per heavy atom. The van der Waals surface area contributed by atoms with Gasteiger partial charge in [-0.3, -0.25) is 4.98 Å². The number of benzene rings is 1. The van der Waals surface area contributed by atoms with Crippen LogP contribution >= 0.6 is 12.4 Å². The fourth-order valence-electron chi connectivity index (χ4n) is 3.71. The molecule has 0 aliphatic carbocycles. The maximum Gasteiger partial charge on any atom is 0.0707 e. The molecule has 2 heterocycles. The molecule has 0 radical (unpaired) electrons. The van der Waals surface area contributed by atoms with Gasteiger partial charge in [0.25, 0.3) is 0 Å². The number of aromatic nitrogens is 2. The van der Waals surface area contributed by atoms with Gasteiger partial charge in [0.2, 0.25) is 0 Å². The van der Waals surface area contributed by atoms with E-state index in [-0.39, 0.29) is 12.4 Å². The van der Waals surface area contributed by atoms with E-state index in [0.717, 1.165) is 44.0 Å². The second-order valence-corrected chi connectivity index (χ2v) is 7.45. The largest absolute Gasteiger partial charge is 0.339 e. The van der Waals surface area contributed by atoms with Gasteiger partial charge in [-0.15, -0.1) is 12.4 Å². The van der Waals surface area contributed by atoms with Gasteiger partial charge >= 0.3 is 0 Å². The Morgan fingerprint density at radius 3 is 2.63 bits per heavy atom. The van der Waals surface area contributed by atoms with Gasteiger partial charge in [0, 0.05) is 29.4 Å². The summed E-state index contributed by atoms with van der Waals surface area (Å²) in [6.45, 7) is 8.43. The number of aryl methyl sites for hydroxylation is 2. The Labute approximate surface area is 169 Å². The molecular weight excluding hydrogens is 356 g/mol. The second kappa shape index (κ2) is 10.1. The summed E-state index contributed by atoms with van der Waals surface area (Å²) in [5.74, 6) is 0. The van der Waals surface area contributed by atoms with Gasteiger partial charge in [-0.05, 0) is 59.1 Å². The lowest BCUT2D eigenvalue weighted by Gasteiger charge is -2.11. The summed E-state index contributed by atoms with van der Waals surface area (Å²) in [5.41, 5.74) is 4.91. The first-order valence-electron chi connectivity index (χ1n) is 9.84. The molecule has 0 spiro atoms. The van der Waals surface area contributed by atoms with Crippen LogP contribution in [0.1, 0.15) is 37.6 Å². The Kier molecular flexibility index (Phi) is 8.08. The van der Waals surface area contributed by atoms with Crippen LogP contribution in [0.25, 0.3) is 21.8 Å². The molecule has 0 saturated heterocycles. The Morgan fingerprint density at radius 2 is 1.89 bits per heavy atom. The summed E-state index contributed by atoms with van der Waals surface area (Å²) in [7, 11) is 4.24. The second-order valence-electron chi connectivity index (χ2n) is 7.45. The SMILES string of the molecule is CCCCn1c2ccccc2c2cc(CNCCCN(C)C)nc(C)c21.Cl. The number of rotatable bonds is 9. The fraction of sp³-hybridized carbons (Fsp3) is 0.500. The average Bonchev–Trinajstić information content (AvgIpc) is 2.94. The fourth-order valence-corrected chi connectivity index (χ4v) is 3.71. The van der Waals surface area contributed by atoms with Crippen LogP contribution < -0.4 is 5.32 Å². The van der Waals surface area contributed by atoms with E-state index in [1.807, 2.05) is 0 Å². The first-order chi connectivity index (χ1) is 12.6. The zero-order valence-electron chi connectivity index (χ0n) is 17.1. The smallest absolute Gasteiger partial charge is 0.0707 e. The molecule has 4 nitrogen and oxygen atoms in total.